The van der Waals surface area contributed by atoms with Gasteiger partial charge in [-0.05, 0) is 89.4 Å². The quantitative estimate of drug-likeness (QED) is 0.0810. The summed E-state index contributed by atoms with van der Waals surface area (Å²) in [5.41, 5.74) is 3.42. The Morgan fingerprint density at radius 1 is 0.543 bits per heavy atom. The minimum atomic E-state index is -4.17. The van der Waals surface area contributed by atoms with E-state index in [1.165, 1.54) is 73.0 Å². The first-order chi connectivity index (χ1) is 33.6. The minimum Gasteiger partial charge on any atom is -0.496 e. The molecule has 4 N–H and O–H groups in total. The Hall–Kier alpha value is -8.00. The third-order valence-electron chi connectivity index (χ3n) is 9.88. The molecule has 8 rings (SSSR count). The van der Waals surface area contributed by atoms with E-state index < -0.39 is 27.2 Å². The van der Waals surface area contributed by atoms with E-state index in [2.05, 4.69) is 41.8 Å². The van der Waals surface area contributed by atoms with E-state index in [-0.39, 0.29) is 44.4 Å². The predicted molar refractivity (Wildman–Crippen MR) is 261 cm³/mol. The van der Waals surface area contributed by atoms with Gasteiger partial charge in [0.2, 0.25) is 0 Å². The number of methoxy groups -OCH3 is 6. The number of benzene rings is 6. The maximum atomic E-state index is 13.2. The molecular formula is C46H40BBrN6O14S2. The monoisotopic (exact) mass is 1050 g/mol. The molecule has 0 atom stereocenters. The van der Waals surface area contributed by atoms with Crippen molar-refractivity contribution in [2.24, 2.45) is 0 Å². The van der Waals surface area contributed by atoms with Gasteiger partial charge in [0.05, 0.1) is 65.9 Å². The molecule has 0 aliphatic carbocycles. The SMILES string of the molecule is COc1cccc(OC)c1S(=O)(=O)Nc1noc2cc(-c3cccc(C#N)c3)cc(OC)c12.COc1cccc(OC)c1S(=O)(=O)Nc1noc2cc(Br)cc(OC)c12.N#Cc1cccc(B(O)O)c1. The molecule has 0 saturated carbocycles. The van der Waals surface area contributed by atoms with E-state index in [0.29, 0.717) is 60.1 Å². The Morgan fingerprint density at radius 3 is 1.40 bits per heavy atom. The second-order valence-electron chi connectivity index (χ2n) is 14.1. The van der Waals surface area contributed by atoms with Crippen LogP contribution < -0.4 is 43.3 Å². The van der Waals surface area contributed by atoms with Crippen molar-refractivity contribution in [2.75, 3.05) is 52.1 Å². The number of nitriles is 2. The van der Waals surface area contributed by atoms with Crippen molar-refractivity contribution in [2.45, 2.75) is 9.79 Å². The summed E-state index contributed by atoms with van der Waals surface area (Å²) in [5, 5.41) is 43.5. The molecule has 70 heavy (non-hydrogen) atoms. The van der Waals surface area contributed by atoms with Gasteiger partial charge in [-0.25, -0.2) is 16.8 Å². The Kier molecular flexibility index (Phi) is 16.5. The highest BCUT2D eigenvalue weighted by Crippen LogP contribution is 2.41. The lowest BCUT2D eigenvalue weighted by atomic mass is 9.80. The van der Waals surface area contributed by atoms with Crippen molar-refractivity contribution < 1.29 is 64.4 Å². The number of aromatic nitrogens is 2. The first kappa shape index (κ1) is 51.4. The lowest BCUT2D eigenvalue weighted by Crippen LogP contribution is -2.29. The zero-order valence-electron chi connectivity index (χ0n) is 37.7. The zero-order valence-corrected chi connectivity index (χ0v) is 41.0. The molecule has 0 unspecified atom stereocenters. The van der Waals surface area contributed by atoms with Crippen LogP contribution in [-0.2, 0) is 20.0 Å². The topological polar surface area (TPSA) is 288 Å². The number of hydrogen-bond donors (Lipinski definition) is 4. The number of fused-ring (bicyclic) bond motifs is 2. The fourth-order valence-corrected chi connectivity index (χ4v) is 9.80. The molecule has 0 aliphatic rings. The highest BCUT2D eigenvalue weighted by atomic mass is 79.9. The third-order valence-corrected chi connectivity index (χ3v) is 13.1. The fourth-order valence-electron chi connectivity index (χ4n) is 6.73. The van der Waals surface area contributed by atoms with Gasteiger partial charge in [0, 0.05) is 4.47 Å². The normalized spacial score (nSPS) is 10.8. The van der Waals surface area contributed by atoms with E-state index in [1.54, 1.807) is 72.8 Å². The summed E-state index contributed by atoms with van der Waals surface area (Å²) in [6.45, 7) is 0. The van der Waals surface area contributed by atoms with Gasteiger partial charge in [0.1, 0.15) is 45.3 Å². The van der Waals surface area contributed by atoms with E-state index in [9.17, 15) is 22.1 Å². The smallest absolute Gasteiger partial charge is 0.488 e. The molecule has 0 bridgehead atoms. The lowest BCUT2D eigenvalue weighted by molar-refractivity contribution is 0.373. The summed E-state index contributed by atoms with van der Waals surface area (Å²) >= 11 is 3.33. The number of anilines is 2. The second-order valence-corrected chi connectivity index (χ2v) is 18.2. The molecule has 360 valence electrons. The van der Waals surface area contributed by atoms with E-state index >= 15 is 0 Å². The highest BCUT2D eigenvalue weighted by molar-refractivity contribution is 9.10. The Balaban J connectivity index is 0.000000192. The summed E-state index contributed by atoms with van der Waals surface area (Å²) in [6.07, 6.45) is 0. The van der Waals surface area contributed by atoms with E-state index in [4.69, 9.17) is 52.8 Å². The molecular weight excluding hydrogens is 1020 g/mol. The summed E-state index contributed by atoms with van der Waals surface area (Å²) in [4.78, 5) is -0.313. The number of nitrogens with zero attached hydrogens (tertiary/aromatic N) is 4. The maximum absolute atomic E-state index is 13.2. The predicted octanol–water partition coefficient (Wildman–Crippen LogP) is 6.85. The van der Waals surface area contributed by atoms with Crippen LogP contribution in [-0.4, -0.2) is 87.0 Å². The first-order valence-electron chi connectivity index (χ1n) is 20.0. The van der Waals surface area contributed by atoms with Crippen LogP contribution in [0.1, 0.15) is 11.1 Å². The molecule has 0 saturated heterocycles. The second kappa shape index (κ2) is 22.4. The number of rotatable bonds is 14. The Bertz CT molecular complexity index is 3460. The lowest BCUT2D eigenvalue weighted by Gasteiger charge is -2.14. The average Bonchev–Trinajstić information content (AvgIpc) is 3.97. The molecule has 24 heteroatoms. The first-order valence-corrected chi connectivity index (χ1v) is 23.8. The molecule has 2 aromatic heterocycles. The van der Waals surface area contributed by atoms with Crippen molar-refractivity contribution in [3.05, 3.63) is 125 Å². The third kappa shape index (κ3) is 11.3. The van der Waals surface area contributed by atoms with Gasteiger partial charge >= 0.3 is 7.12 Å². The summed E-state index contributed by atoms with van der Waals surface area (Å²) in [7, 11) is -1.35. The van der Waals surface area contributed by atoms with Gasteiger partial charge in [-0.3, -0.25) is 9.44 Å². The number of hydrogen-bond acceptors (Lipinski definition) is 18. The average molecular weight is 1060 g/mol. The molecule has 8 aromatic rings. The van der Waals surface area contributed by atoms with Crippen LogP contribution in [0.25, 0.3) is 33.1 Å². The number of halogens is 1. The van der Waals surface area contributed by atoms with Crippen LogP contribution in [0.3, 0.4) is 0 Å². The minimum absolute atomic E-state index is 0.00249. The standard InChI is InChI=1S/C23H19N3O6S.C16H15BrN2O6S.C7H6BNO2/c1-29-17-8-5-9-18(30-2)22(17)33(27,28)26-23-21-19(31-3)11-16(12-20(21)32-25-23)15-7-4-6-14(10-15)13-24;1-22-10-5-4-6-11(23-2)15(10)26(20,21)19-16-14-12(24-3)7-9(17)8-13(14)25-18-16;9-5-6-2-1-3-7(4-6)8(10)11/h4-12H,1-3H3,(H,25,26);4-8H,1-3H3,(H,18,19);1-4,10-11H. The van der Waals surface area contributed by atoms with Crippen LogP contribution in [0, 0.1) is 22.7 Å². The molecule has 0 radical (unpaired) electrons. The van der Waals surface area contributed by atoms with Crippen molar-refractivity contribution in [3.8, 4) is 57.8 Å². The summed E-state index contributed by atoms with van der Waals surface area (Å²) in [5.74, 6) is 1.20. The van der Waals surface area contributed by atoms with Gasteiger partial charge in [-0.2, -0.15) is 10.5 Å². The van der Waals surface area contributed by atoms with Crippen LogP contribution in [0.15, 0.2) is 133 Å². The van der Waals surface area contributed by atoms with Gasteiger partial charge in [0.25, 0.3) is 20.0 Å². The summed E-state index contributed by atoms with van der Waals surface area (Å²) < 4.78 is 100. The largest absolute Gasteiger partial charge is 0.496 e. The molecule has 0 fully saturated rings. The number of sulfonamides is 2. The molecule has 6 aromatic carbocycles. The van der Waals surface area contributed by atoms with Crippen molar-refractivity contribution in [1.29, 1.82) is 10.5 Å². The van der Waals surface area contributed by atoms with Crippen LogP contribution >= 0.6 is 15.9 Å². The highest BCUT2D eigenvalue weighted by Gasteiger charge is 2.30. The van der Waals surface area contributed by atoms with Crippen LogP contribution in [0.4, 0.5) is 11.6 Å². The maximum Gasteiger partial charge on any atom is 0.488 e. The van der Waals surface area contributed by atoms with E-state index in [0.717, 1.165) is 5.56 Å². The van der Waals surface area contributed by atoms with Gasteiger partial charge in [-0.1, -0.05) is 62.6 Å². The molecule has 0 spiro atoms. The Labute approximate surface area is 409 Å². The molecule has 0 amide bonds. The van der Waals surface area contributed by atoms with Crippen LogP contribution in [0.2, 0.25) is 0 Å². The van der Waals surface area contributed by atoms with Crippen LogP contribution in [0.5, 0.6) is 34.5 Å². The van der Waals surface area contributed by atoms with Gasteiger partial charge < -0.3 is 47.5 Å². The zero-order chi connectivity index (χ0) is 50.8. The van der Waals surface area contributed by atoms with Gasteiger partial charge in [0.15, 0.2) is 32.6 Å². The summed E-state index contributed by atoms with van der Waals surface area (Å²) in [6, 6.07) is 33.3. The van der Waals surface area contributed by atoms with Gasteiger partial charge in [-0.15, -0.1) is 0 Å². The van der Waals surface area contributed by atoms with Crippen molar-refractivity contribution >= 4 is 82.1 Å². The van der Waals surface area contributed by atoms with Crippen molar-refractivity contribution in [1.82, 2.24) is 10.3 Å². The number of nitrogens with one attached hydrogen (secondary N) is 2. The van der Waals surface area contributed by atoms with Crippen molar-refractivity contribution in [3.63, 3.8) is 0 Å². The fraction of sp³-hybridized carbons (Fsp3) is 0.130. The number of ether oxygens (including phenoxy) is 6. The molecule has 0 aliphatic heterocycles. The molecule has 20 nitrogen and oxygen atoms in total. The Morgan fingerprint density at radius 2 is 0.957 bits per heavy atom. The molecule has 2 heterocycles. The van der Waals surface area contributed by atoms with E-state index in [1.807, 2.05) is 12.1 Å².